The molecule has 0 radical (unpaired) electrons. The van der Waals surface area contributed by atoms with E-state index in [0.717, 1.165) is 24.2 Å². The molecule has 0 atom stereocenters. The van der Waals surface area contributed by atoms with Crippen molar-refractivity contribution < 1.29 is 14.9 Å². The first-order chi connectivity index (χ1) is 9.65. The first-order valence-electron chi connectivity index (χ1n) is 7.50. The van der Waals surface area contributed by atoms with Crippen LogP contribution in [0.25, 0.3) is 0 Å². The van der Waals surface area contributed by atoms with Gasteiger partial charge in [0.25, 0.3) is 0 Å². The largest absolute Gasteiger partial charge is 0.496 e. The zero-order valence-corrected chi connectivity index (χ0v) is 12.6. The van der Waals surface area contributed by atoms with Crippen molar-refractivity contribution in [3.63, 3.8) is 0 Å². The molecule has 2 rings (SSSR count). The SMILES string of the molecule is COc1ccc(C)cc1CC(CO)(CO)C1CCCC1. The van der Waals surface area contributed by atoms with Crippen molar-refractivity contribution in [2.45, 2.75) is 39.0 Å². The van der Waals surface area contributed by atoms with E-state index in [1.807, 2.05) is 12.1 Å². The summed E-state index contributed by atoms with van der Waals surface area (Å²) in [4.78, 5) is 0. The molecule has 1 aromatic rings. The Labute approximate surface area is 121 Å². The quantitative estimate of drug-likeness (QED) is 0.841. The maximum Gasteiger partial charge on any atom is 0.122 e. The molecule has 1 fully saturated rings. The fourth-order valence-corrected chi connectivity index (χ4v) is 3.53. The standard InChI is InChI=1S/C17H26O3/c1-13-7-8-16(20-2)14(9-13)10-17(11-18,12-19)15-5-3-4-6-15/h7-9,15,18-19H,3-6,10-12H2,1-2H3. The molecular formula is C17H26O3. The van der Waals surface area contributed by atoms with E-state index in [4.69, 9.17) is 4.74 Å². The lowest BCUT2D eigenvalue weighted by Gasteiger charge is -2.36. The Bertz CT molecular complexity index is 432. The van der Waals surface area contributed by atoms with Crippen molar-refractivity contribution in [3.8, 4) is 5.75 Å². The minimum absolute atomic E-state index is 0.0330. The lowest BCUT2D eigenvalue weighted by Crippen LogP contribution is -2.39. The van der Waals surface area contributed by atoms with E-state index in [1.165, 1.54) is 18.4 Å². The molecule has 2 N–H and O–H groups in total. The number of aliphatic hydroxyl groups is 2. The summed E-state index contributed by atoms with van der Waals surface area (Å²) in [7, 11) is 1.67. The van der Waals surface area contributed by atoms with Crippen LogP contribution in [0.4, 0.5) is 0 Å². The van der Waals surface area contributed by atoms with E-state index in [1.54, 1.807) is 7.11 Å². The molecule has 0 bridgehead atoms. The second-order valence-electron chi connectivity index (χ2n) is 6.15. The van der Waals surface area contributed by atoms with Gasteiger partial charge in [0.15, 0.2) is 0 Å². The molecule has 0 aliphatic heterocycles. The molecule has 0 unspecified atom stereocenters. The van der Waals surface area contributed by atoms with Crippen LogP contribution in [0, 0.1) is 18.3 Å². The molecule has 1 aliphatic rings. The summed E-state index contributed by atoms with van der Waals surface area (Å²) in [5.41, 5.74) is 1.84. The van der Waals surface area contributed by atoms with E-state index >= 15 is 0 Å². The van der Waals surface area contributed by atoms with Crippen LogP contribution in [-0.2, 0) is 6.42 Å². The average molecular weight is 278 g/mol. The summed E-state index contributed by atoms with van der Waals surface area (Å²) >= 11 is 0. The molecule has 0 amide bonds. The van der Waals surface area contributed by atoms with Gasteiger partial charge in [-0.05, 0) is 43.7 Å². The minimum atomic E-state index is -0.419. The van der Waals surface area contributed by atoms with Crippen LogP contribution in [-0.4, -0.2) is 30.5 Å². The van der Waals surface area contributed by atoms with E-state index in [-0.39, 0.29) is 13.2 Å². The summed E-state index contributed by atoms with van der Waals surface area (Å²) in [5, 5.41) is 19.9. The number of aliphatic hydroxyl groups excluding tert-OH is 2. The van der Waals surface area contributed by atoms with Crippen molar-refractivity contribution in [2.24, 2.45) is 11.3 Å². The molecule has 112 valence electrons. The van der Waals surface area contributed by atoms with Gasteiger partial charge in [0, 0.05) is 5.41 Å². The van der Waals surface area contributed by atoms with Crippen molar-refractivity contribution in [1.29, 1.82) is 0 Å². The van der Waals surface area contributed by atoms with Crippen molar-refractivity contribution in [3.05, 3.63) is 29.3 Å². The van der Waals surface area contributed by atoms with Crippen LogP contribution in [0.5, 0.6) is 5.75 Å². The lowest BCUT2D eigenvalue weighted by molar-refractivity contribution is 0.00533. The molecule has 3 nitrogen and oxygen atoms in total. The molecule has 0 spiro atoms. The predicted octanol–water partition coefficient (Wildman–Crippen LogP) is 2.71. The zero-order chi connectivity index (χ0) is 14.6. The van der Waals surface area contributed by atoms with Crippen LogP contribution in [0.1, 0.15) is 36.8 Å². The number of hydrogen-bond donors (Lipinski definition) is 2. The predicted molar refractivity (Wildman–Crippen MR) is 80.0 cm³/mol. The highest BCUT2D eigenvalue weighted by molar-refractivity contribution is 5.37. The number of methoxy groups -OCH3 is 1. The lowest BCUT2D eigenvalue weighted by atomic mass is 9.71. The van der Waals surface area contributed by atoms with E-state index in [2.05, 4.69) is 13.0 Å². The third-order valence-electron chi connectivity index (χ3n) is 4.83. The highest BCUT2D eigenvalue weighted by atomic mass is 16.5. The van der Waals surface area contributed by atoms with Crippen LogP contribution in [0.3, 0.4) is 0 Å². The maximum absolute atomic E-state index is 9.93. The summed E-state index contributed by atoms with van der Waals surface area (Å²) in [6.45, 7) is 2.12. The Morgan fingerprint density at radius 3 is 2.40 bits per heavy atom. The van der Waals surface area contributed by atoms with Gasteiger partial charge in [-0.1, -0.05) is 30.5 Å². The Morgan fingerprint density at radius 2 is 1.85 bits per heavy atom. The number of ether oxygens (including phenoxy) is 1. The van der Waals surface area contributed by atoms with Gasteiger partial charge in [-0.15, -0.1) is 0 Å². The summed E-state index contributed by atoms with van der Waals surface area (Å²) in [6, 6.07) is 6.10. The van der Waals surface area contributed by atoms with Gasteiger partial charge in [0.2, 0.25) is 0 Å². The van der Waals surface area contributed by atoms with E-state index < -0.39 is 5.41 Å². The first kappa shape index (κ1) is 15.3. The fourth-order valence-electron chi connectivity index (χ4n) is 3.53. The number of hydrogen-bond acceptors (Lipinski definition) is 3. The van der Waals surface area contributed by atoms with Gasteiger partial charge in [-0.25, -0.2) is 0 Å². The third-order valence-corrected chi connectivity index (χ3v) is 4.83. The minimum Gasteiger partial charge on any atom is -0.496 e. The van der Waals surface area contributed by atoms with E-state index in [9.17, 15) is 10.2 Å². The normalized spacial score (nSPS) is 16.6. The highest BCUT2D eigenvalue weighted by Crippen LogP contribution is 2.43. The highest BCUT2D eigenvalue weighted by Gasteiger charge is 2.39. The molecule has 1 aromatic carbocycles. The smallest absolute Gasteiger partial charge is 0.122 e. The van der Waals surface area contributed by atoms with Gasteiger partial charge in [-0.3, -0.25) is 0 Å². The summed E-state index contributed by atoms with van der Waals surface area (Å²) in [5.74, 6) is 1.25. The molecule has 1 aliphatic carbocycles. The van der Waals surface area contributed by atoms with Gasteiger partial charge in [0.1, 0.15) is 5.75 Å². The molecule has 0 aromatic heterocycles. The van der Waals surface area contributed by atoms with Crippen LogP contribution in [0.2, 0.25) is 0 Å². The number of benzene rings is 1. The second kappa shape index (κ2) is 6.59. The molecule has 0 heterocycles. The van der Waals surface area contributed by atoms with Crippen LogP contribution < -0.4 is 4.74 Å². The van der Waals surface area contributed by atoms with Gasteiger partial charge < -0.3 is 14.9 Å². The third kappa shape index (κ3) is 2.99. The second-order valence-corrected chi connectivity index (χ2v) is 6.15. The van der Waals surface area contributed by atoms with E-state index in [0.29, 0.717) is 12.3 Å². The Balaban J connectivity index is 2.29. The van der Waals surface area contributed by atoms with Crippen LogP contribution in [0.15, 0.2) is 18.2 Å². The summed E-state index contributed by atoms with van der Waals surface area (Å²) in [6.07, 6.45) is 5.30. The molecule has 20 heavy (non-hydrogen) atoms. The Hall–Kier alpha value is -1.06. The monoisotopic (exact) mass is 278 g/mol. The van der Waals surface area contributed by atoms with Crippen molar-refractivity contribution in [2.75, 3.05) is 20.3 Å². The van der Waals surface area contributed by atoms with Gasteiger partial charge in [0.05, 0.1) is 20.3 Å². The van der Waals surface area contributed by atoms with Gasteiger partial charge in [-0.2, -0.15) is 0 Å². The Morgan fingerprint density at radius 1 is 1.20 bits per heavy atom. The van der Waals surface area contributed by atoms with Crippen molar-refractivity contribution in [1.82, 2.24) is 0 Å². The molecular weight excluding hydrogens is 252 g/mol. The number of rotatable bonds is 6. The maximum atomic E-state index is 9.93. The molecule has 1 saturated carbocycles. The summed E-state index contributed by atoms with van der Waals surface area (Å²) < 4.78 is 5.43. The number of aryl methyl sites for hydroxylation is 1. The topological polar surface area (TPSA) is 49.7 Å². The average Bonchev–Trinajstić information content (AvgIpc) is 3.00. The van der Waals surface area contributed by atoms with Crippen molar-refractivity contribution >= 4 is 0 Å². The zero-order valence-electron chi connectivity index (χ0n) is 12.6. The molecule has 0 saturated heterocycles. The molecule has 3 heteroatoms. The first-order valence-corrected chi connectivity index (χ1v) is 7.50. The van der Waals surface area contributed by atoms with Gasteiger partial charge >= 0.3 is 0 Å². The fraction of sp³-hybridized carbons (Fsp3) is 0.647. The van der Waals surface area contributed by atoms with Crippen LogP contribution >= 0.6 is 0 Å². The Kier molecular flexibility index (Phi) is 5.06.